The number of aromatic nitrogens is 1. The van der Waals surface area contributed by atoms with Crippen molar-refractivity contribution in [2.75, 3.05) is 5.32 Å². The highest BCUT2D eigenvalue weighted by atomic mass is 32.1. The lowest BCUT2D eigenvalue weighted by Gasteiger charge is -2.04. The molecule has 0 atom stereocenters. The maximum atomic E-state index is 12.2. The molecule has 0 spiro atoms. The smallest absolute Gasteiger partial charge is 0.250 e. The van der Waals surface area contributed by atoms with Gasteiger partial charge in [-0.3, -0.25) is 10.1 Å². The number of rotatable bonds is 5. The molecule has 0 saturated heterocycles. The standard InChI is InChI=1S/C23H24N2OS/c1-15(2)19-12-7-18(8-13-19)9-14-21(26)24-23-25-22(17(4)27-23)20-10-5-16(3)6-11-20/h5-15H,1-4H3,(H,24,25,26)/b14-9+. The van der Waals surface area contributed by atoms with Crippen molar-refractivity contribution in [1.82, 2.24) is 4.98 Å². The van der Waals surface area contributed by atoms with E-state index in [0.717, 1.165) is 21.7 Å². The van der Waals surface area contributed by atoms with Gasteiger partial charge in [0.15, 0.2) is 5.13 Å². The Kier molecular flexibility index (Phi) is 5.87. The minimum Gasteiger partial charge on any atom is -0.298 e. The predicted octanol–water partition coefficient (Wildman–Crippen LogP) is 6.20. The molecule has 3 aromatic rings. The molecule has 27 heavy (non-hydrogen) atoms. The summed E-state index contributed by atoms with van der Waals surface area (Å²) in [6.45, 7) is 8.42. The van der Waals surface area contributed by atoms with E-state index in [4.69, 9.17) is 0 Å². The quantitative estimate of drug-likeness (QED) is 0.538. The number of carbonyl (C=O) groups excluding carboxylic acids is 1. The van der Waals surface area contributed by atoms with Gasteiger partial charge in [0.2, 0.25) is 5.91 Å². The van der Waals surface area contributed by atoms with E-state index in [1.165, 1.54) is 22.5 Å². The van der Waals surface area contributed by atoms with Crippen LogP contribution in [0.1, 0.15) is 41.3 Å². The molecular formula is C23H24N2OS. The Labute approximate surface area is 164 Å². The Morgan fingerprint density at radius 1 is 1.04 bits per heavy atom. The molecule has 1 N–H and O–H groups in total. The van der Waals surface area contributed by atoms with Gasteiger partial charge in [-0.1, -0.05) is 67.9 Å². The Morgan fingerprint density at radius 2 is 1.70 bits per heavy atom. The van der Waals surface area contributed by atoms with Crippen LogP contribution in [0, 0.1) is 13.8 Å². The van der Waals surface area contributed by atoms with Crippen LogP contribution >= 0.6 is 11.3 Å². The van der Waals surface area contributed by atoms with Gasteiger partial charge >= 0.3 is 0 Å². The third kappa shape index (κ3) is 4.92. The van der Waals surface area contributed by atoms with Crippen LogP contribution in [0.15, 0.2) is 54.6 Å². The molecule has 3 rings (SSSR count). The summed E-state index contributed by atoms with van der Waals surface area (Å²) in [5.41, 5.74) is 5.50. The van der Waals surface area contributed by atoms with Crippen LogP contribution in [0.2, 0.25) is 0 Å². The highest BCUT2D eigenvalue weighted by Crippen LogP contribution is 2.30. The lowest BCUT2D eigenvalue weighted by Crippen LogP contribution is -2.07. The van der Waals surface area contributed by atoms with Gasteiger partial charge in [0.1, 0.15) is 0 Å². The van der Waals surface area contributed by atoms with Crippen molar-refractivity contribution in [3.8, 4) is 11.3 Å². The van der Waals surface area contributed by atoms with Crippen molar-refractivity contribution < 1.29 is 4.79 Å². The van der Waals surface area contributed by atoms with Crippen molar-refractivity contribution in [2.45, 2.75) is 33.6 Å². The molecule has 138 valence electrons. The second-order valence-corrected chi connectivity index (χ2v) is 8.14. The molecule has 0 fully saturated rings. The Bertz CT molecular complexity index is 951. The second-order valence-electron chi connectivity index (χ2n) is 6.93. The Balaban J connectivity index is 1.67. The molecule has 1 heterocycles. The fourth-order valence-corrected chi connectivity index (χ4v) is 3.58. The molecule has 4 heteroatoms. The number of thiazole rings is 1. The summed E-state index contributed by atoms with van der Waals surface area (Å²) in [4.78, 5) is 17.9. The minimum atomic E-state index is -0.174. The summed E-state index contributed by atoms with van der Waals surface area (Å²) in [6.07, 6.45) is 3.37. The summed E-state index contributed by atoms with van der Waals surface area (Å²) in [5.74, 6) is 0.328. The van der Waals surface area contributed by atoms with E-state index in [0.29, 0.717) is 11.0 Å². The molecular weight excluding hydrogens is 352 g/mol. The molecule has 0 aliphatic rings. The summed E-state index contributed by atoms with van der Waals surface area (Å²) in [7, 11) is 0. The number of amides is 1. The Hall–Kier alpha value is -2.72. The van der Waals surface area contributed by atoms with Gasteiger partial charge in [0.25, 0.3) is 0 Å². The maximum Gasteiger partial charge on any atom is 0.250 e. The first kappa shape index (κ1) is 19.1. The average molecular weight is 377 g/mol. The molecule has 0 bridgehead atoms. The van der Waals surface area contributed by atoms with Crippen LogP contribution < -0.4 is 5.32 Å². The topological polar surface area (TPSA) is 42.0 Å². The highest BCUT2D eigenvalue weighted by Gasteiger charge is 2.11. The maximum absolute atomic E-state index is 12.2. The molecule has 1 aromatic heterocycles. The van der Waals surface area contributed by atoms with Gasteiger partial charge in [-0.05, 0) is 37.0 Å². The van der Waals surface area contributed by atoms with Gasteiger partial charge in [-0.2, -0.15) is 0 Å². The van der Waals surface area contributed by atoms with Crippen LogP contribution in [-0.2, 0) is 4.79 Å². The van der Waals surface area contributed by atoms with Crippen molar-refractivity contribution in [1.29, 1.82) is 0 Å². The number of carbonyl (C=O) groups is 1. The van der Waals surface area contributed by atoms with E-state index in [2.05, 4.69) is 67.5 Å². The number of aryl methyl sites for hydroxylation is 2. The summed E-state index contributed by atoms with van der Waals surface area (Å²) < 4.78 is 0. The van der Waals surface area contributed by atoms with Gasteiger partial charge in [0, 0.05) is 16.5 Å². The molecule has 0 aliphatic heterocycles. The SMILES string of the molecule is Cc1ccc(-c2nc(NC(=O)/C=C/c3ccc(C(C)C)cc3)sc2C)cc1. The molecule has 0 unspecified atom stereocenters. The van der Waals surface area contributed by atoms with Crippen molar-refractivity contribution >= 4 is 28.5 Å². The fraction of sp³-hybridized carbons (Fsp3) is 0.217. The molecule has 0 saturated carbocycles. The van der Waals surface area contributed by atoms with Crippen molar-refractivity contribution in [3.05, 3.63) is 76.2 Å². The van der Waals surface area contributed by atoms with E-state index in [1.54, 1.807) is 6.08 Å². The number of hydrogen-bond donors (Lipinski definition) is 1. The van der Waals surface area contributed by atoms with Crippen molar-refractivity contribution in [3.63, 3.8) is 0 Å². The number of hydrogen-bond acceptors (Lipinski definition) is 3. The largest absolute Gasteiger partial charge is 0.298 e. The van der Waals surface area contributed by atoms with Crippen LogP contribution in [0.25, 0.3) is 17.3 Å². The lowest BCUT2D eigenvalue weighted by molar-refractivity contribution is -0.111. The molecule has 2 aromatic carbocycles. The normalized spacial score (nSPS) is 11.3. The number of benzene rings is 2. The van der Waals surface area contributed by atoms with Crippen LogP contribution in [0.5, 0.6) is 0 Å². The van der Waals surface area contributed by atoms with Crippen LogP contribution in [0.4, 0.5) is 5.13 Å². The van der Waals surface area contributed by atoms with Crippen LogP contribution in [-0.4, -0.2) is 10.9 Å². The number of nitrogens with zero attached hydrogens (tertiary/aromatic N) is 1. The van der Waals surface area contributed by atoms with Gasteiger partial charge in [-0.25, -0.2) is 4.98 Å². The zero-order valence-electron chi connectivity index (χ0n) is 16.1. The third-order valence-corrected chi connectivity index (χ3v) is 5.27. The van der Waals surface area contributed by atoms with Crippen LogP contribution in [0.3, 0.4) is 0 Å². The summed E-state index contributed by atoms with van der Waals surface area (Å²) >= 11 is 1.49. The first-order valence-corrected chi connectivity index (χ1v) is 9.87. The van der Waals surface area contributed by atoms with Gasteiger partial charge < -0.3 is 0 Å². The fourth-order valence-electron chi connectivity index (χ4n) is 2.74. The predicted molar refractivity (Wildman–Crippen MR) is 115 cm³/mol. The van der Waals surface area contributed by atoms with E-state index in [-0.39, 0.29) is 5.91 Å². The molecule has 0 aliphatic carbocycles. The Morgan fingerprint density at radius 3 is 2.33 bits per heavy atom. The van der Waals surface area contributed by atoms with Gasteiger partial charge in [-0.15, -0.1) is 11.3 Å². The third-order valence-electron chi connectivity index (χ3n) is 4.38. The first-order valence-electron chi connectivity index (χ1n) is 9.06. The first-order chi connectivity index (χ1) is 12.9. The van der Waals surface area contributed by atoms with Crippen molar-refractivity contribution in [2.24, 2.45) is 0 Å². The zero-order chi connectivity index (χ0) is 19.4. The minimum absolute atomic E-state index is 0.174. The monoisotopic (exact) mass is 376 g/mol. The summed E-state index contributed by atoms with van der Waals surface area (Å²) in [5, 5.41) is 3.48. The number of nitrogens with one attached hydrogen (secondary N) is 1. The van der Waals surface area contributed by atoms with E-state index >= 15 is 0 Å². The average Bonchev–Trinajstić information content (AvgIpc) is 3.01. The molecule has 3 nitrogen and oxygen atoms in total. The second kappa shape index (κ2) is 8.31. The van der Waals surface area contributed by atoms with Gasteiger partial charge in [0.05, 0.1) is 5.69 Å². The lowest BCUT2D eigenvalue weighted by atomic mass is 10.0. The number of anilines is 1. The zero-order valence-corrected chi connectivity index (χ0v) is 16.9. The highest BCUT2D eigenvalue weighted by molar-refractivity contribution is 7.16. The molecule has 1 amide bonds. The van der Waals surface area contributed by atoms with E-state index in [9.17, 15) is 4.79 Å². The van der Waals surface area contributed by atoms with E-state index in [1.807, 2.05) is 25.1 Å². The van der Waals surface area contributed by atoms with E-state index < -0.39 is 0 Å². The summed E-state index contributed by atoms with van der Waals surface area (Å²) in [6, 6.07) is 16.5. The molecule has 0 radical (unpaired) electrons.